The SMILES string of the molecule is CCCCCCCCCCCCCCCCCCNCCCCCCCCCCCCCCCCCC.Cl.Cl. The van der Waals surface area contributed by atoms with Crippen LogP contribution in [-0.4, -0.2) is 13.1 Å². The van der Waals surface area contributed by atoms with E-state index in [4.69, 9.17) is 0 Å². The molecule has 0 aliphatic rings. The van der Waals surface area contributed by atoms with E-state index in [-0.39, 0.29) is 24.8 Å². The van der Waals surface area contributed by atoms with E-state index >= 15 is 0 Å². The van der Waals surface area contributed by atoms with Crippen LogP contribution in [0, 0.1) is 0 Å². The molecule has 0 spiro atoms. The predicted molar refractivity (Wildman–Crippen MR) is 186 cm³/mol. The zero-order valence-electron chi connectivity index (χ0n) is 27.4. The van der Waals surface area contributed by atoms with E-state index in [1.165, 1.54) is 219 Å². The van der Waals surface area contributed by atoms with Crippen LogP contribution in [0.5, 0.6) is 0 Å². The van der Waals surface area contributed by atoms with Gasteiger partial charge >= 0.3 is 0 Å². The summed E-state index contributed by atoms with van der Waals surface area (Å²) in [6.07, 6.45) is 46.7. The van der Waals surface area contributed by atoms with E-state index in [1.54, 1.807) is 0 Å². The quantitative estimate of drug-likeness (QED) is 0.0731. The van der Waals surface area contributed by atoms with Gasteiger partial charge in [-0.25, -0.2) is 0 Å². The Morgan fingerprint density at radius 2 is 0.385 bits per heavy atom. The second-order valence-corrected chi connectivity index (χ2v) is 12.4. The molecule has 3 heteroatoms. The van der Waals surface area contributed by atoms with Crippen LogP contribution in [0.4, 0.5) is 0 Å². The van der Waals surface area contributed by atoms with Crippen LogP contribution in [0.1, 0.15) is 219 Å². The van der Waals surface area contributed by atoms with Crippen LogP contribution in [0.2, 0.25) is 0 Å². The molecular weight excluding hydrogens is 517 g/mol. The summed E-state index contributed by atoms with van der Waals surface area (Å²) in [5, 5.41) is 3.68. The molecule has 0 aliphatic carbocycles. The van der Waals surface area contributed by atoms with Crippen molar-refractivity contribution in [2.75, 3.05) is 13.1 Å². The molecule has 0 atom stereocenters. The molecule has 0 saturated heterocycles. The Hall–Kier alpha value is 0.540. The topological polar surface area (TPSA) is 12.0 Å². The van der Waals surface area contributed by atoms with Gasteiger partial charge in [0, 0.05) is 0 Å². The molecule has 0 aliphatic heterocycles. The van der Waals surface area contributed by atoms with E-state index in [9.17, 15) is 0 Å². The van der Waals surface area contributed by atoms with Crippen LogP contribution in [-0.2, 0) is 0 Å². The molecule has 240 valence electrons. The molecule has 0 amide bonds. The third-order valence-electron chi connectivity index (χ3n) is 8.41. The van der Waals surface area contributed by atoms with Gasteiger partial charge in [-0.1, -0.05) is 206 Å². The molecule has 0 radical (unpaired) electrons. The third-order valence-corrected chi connectivity index (χ3v) is 8.41. The summed E-state index contributed by atoms with van der Waals surface area (Å²) in [7, 11) is 0. The fraction of sp³-hybridized carbons (Fsp3) is 1.00. The Labute approximate surface area is 261 Å². The smallest absolute Gasteiger partial charge is 0.00489 e. The predicted octanol–water partition coefficient (Wildman–Crippen LogP) is 13.9. The Morgan fingerprint density at radius 1 is 0.231 bits per heavy atom. The van der Waals surface area contributed by atoms with Crippen molar-refractivity contribution in [1.82, 2.24) is 5.32 Å². The first-order chi connectivity index (χ1) is 18.4. The van der Waals surface area contributed by atoms with Gasteiger partial charge in [0.25, 0.3) is 0 Å². The number of hydrogen-bond donors (Lipinski definition) is 1. The summed E-state index contributed by atoms with van der Waals surface area (Å²) >= 11 is 0. The summed E-state index contributed by atoms with van der Waals surface area (Å²) in [4.78, 5) is 0. The first kappa shape index (κ1) is 44.0. The minimum Gasteiger partial charge on any atom is -0.317 e. The highest BCUT2D eigenvalue weighted by atomic mass is 35.5. The lowest BCUT2D eigenvalue weighted by molar-refractivity contribution is 0.515. The van der Waals surface area contributed by atoms with Gasteiger partial charge in [-0.2, -0.15) is 0 Å². The average molecular weight is 595 g/mol. The second-order valence-electron chi connectivity index (χ2n) is 12.4. The van der Waals surface area contributed by atoms with E-state index in [2.05, 4.69) is 19.2 Å². The zero-order valence-corrected chi connectivity index (χ0v) is 29.0. The van der Waals surface area contributed by atoms with Crippen LogP contribution in [0.3, 0.4) is 0 Å². The fourth-order valence-electron chi connectivity index (χ4n) is 5.72. The lowest BCUT2D eigenvalue weighted by atomic mass is 10.0. The Balaban J connectivity index is -0.00000648. The van der Waals surface area contributed by atoms with Gasteiger partial charge in [-0.15, -0.1) is 24.8 Å². The lowest BCUT2D eigenvalue weighted by Gasteiger charge is -2.06. The minimum absolute atomic E-state index is 0. The summed E-state index contributed by atoms with van der Waals surface area (Å²) < 4.78 is 0. The largest absolute Gasteiger partial charge is 0.317 e. The lowest BCUT2D eigenvalue weighted by Crippen LogP contribution is -2.16. The summed E-state index contributed by atoms with van der Waals surface area (Å²) in [6, 6.07) is 0. The van der Waals surface area contributed by atoms with Gasteiger partial charge < -0.3 is 5.32 Å². The maximum atomic E-state index is 3.68. The molecule has 0 heterocycles. The second kappa shape index (κ2) is 43.0. The molecule has 1 nitrogen and oxygen atoms in total. The van der Waals surface area contributed by atoms with Crippen molar-refractivity contribution in [3.63, 3.8) is 0 Å². The molecule has 0 bridgehead atoms. The zero-order chi connectivity index (χ0) is 26.7. The number of hydrogen-bond acceptors (Lipinski definition) is 1. The van der Waals surface area contributed by atoms with Crippen LogP contribution in [0.15, 0.2) is 0 Å². The summed E-state index contributed by atoms with van der Waals surface area (Å²) in [5.74, 6) is 0. The van der Waals surface area contributed by atoms with Gasteiger partial charge in [-0.3, -0.25) is 0 Å². The van der Waals surface area contributed by atoms with Gasteiger partial charge in [0.1, 0.15) is 0 Å². The Bertz CT molecular complexity index is 343. The van der Waals surface area contributed by atoms with Crippen LogP contribution < -0.4 is 5.32 Å². The molecule has 0 fully saturated rings. The van der Waals surface area contributed by atoms with Crippen LogP contribution in [0.25, 0.3) is 0 Å². The van der Waals surface area contributed by atoms with Crippen LogP contribution >= 0.6 is 24.8 Å². The number of rotatable bonds is 34. The molecule has 0 unspecified atom stereocenters. The number of halogens is 2. The van der Waals surface area contributed by atoms with Crippen molar-refractivity contribution in [2.24, 2.45) is 0 Å². The highest BCUT2D eigenvalue weighted by Gasteiger charge is 1.97. The van der Waals surface area contributed by atoms with Crippen molar-refractivity contribution in [3.8, 4) is 0 Å². The van der Waals surface area contributed by atoms with Crippen molar-refractivity contribution < 1.29 is 0 Å². The van der Waals surface area contributed by atoms with E-state index < -0.39 is 0 Å². The van der Waals surface area contributed by atoms with E-state index in [0.29, 0.717) is 0 Å². The van der Waals surface area contributed by atoms with E-state index in [0.717, 1.165) is 0 Å². The highest BCUT2D eigenvalue weighted by Crippen LogP contribution is 2.15. The van der Waals surface area contributed by atoms with Gasteiger partial charge in [0.15, 0.2) is 0 Å². The molecular formula is C36H77Cl2N. The maximum absolute atomic E-state index is 3.68. The minimum atomic E-state index is 0. The Morgan fingerprint density at radius 3 is 0.564 bits per heavy atom. The first-order valence-electron chi connectivity index (χ1n) is 18.1. The molecule has 39 heavy (non-hydrogen) atoms. The van der Waals surface area contributed by atoms with Crippen molar-refractivity contribution in [2.45, 2.75) is 219 Å². The van der Waals surface area contributed by atoms with Gasteiger partial charge in [0.05, 0.1) is 0 Å². The van der Waals surface area contributed by atoms with E-state index in [1.807, 2.05) is 0 Å². The monoisotopic (exact) mass is 594 g/mol. The number of nitrogens with one attached hydrogen (secondary N) is 1. The van der Waals surface area contributed by atoms with Crippen molar-refractivity contribution >= 4 is 24.8 Å². The fourth-order valence-corrected chi connectivity index (χ4v) is 5.72. The first-order valence-corrected chi connectivity index (χ1v) is 18.1. The van der Waals surface area contributed by atoms with Crippen molar-refractivity contribution in [3.05, 3.63) is 0 Å². The summed E-state index contributed by atoms with van der Waals surface area (Å²) in [6.45, 7) is 7.11. The molecule has 0 saturated carbocycles. The Kier molecular flexibility index (Phi) is 48.5. The highest BCUT2D eigenvalue weighted by molar-refractivity contribution is 5.85. The molecule has 0 aromatic carbocycles. The third kappa shape index (κ3) is 43.1. The standard InChI is InChI=1S/C36H75N.2ClH/c1-3-5-7-9-11-13-15-17-19-21-23-25-27-29-31-33-35-37-36-34-32-30-28-26-24-22-20-18-16-14-12-10-8-6-4-2;;/h37H,3-36H2,1-2H3;2*1H. The summed E-state index contributed by atoms with van der Waals surface area (Å²) in [5.41, 5.74) is 0. The van der Waals surface area contributed by atoms with Gasteiger partial charge in [0.2, 0.25) is 0 Å². The maximum Gasteiger partial charge on any atom is -0.00489 e. The molecule has 0 rings (SSSR count). The molecule has 0 aromatic heterocycles. The average Bonchev–Trinajstić information content (AvgIpc) is 2.91. The number of unbranched alkanes of at least 4 members (excludes halogenated alkanes) is 30. The molecule has 1 N–H and O–H groups in total. The normalized spacial score (nSPS) is 10.9. The van der Waals surface area contributed by atoms with Crippen molar-refractivity contribution in [1.29, 1.82) is 0 Å². The van der Waals surface area contributed by atoms with Gasteiger partial charge in [-0.05, 0) is 25.9 Å². The molecule has 0 aromatic rings.